The molecule has 1 aromatic heterocycles. The summed E-state index contributed by atoms with van der Waals surface area (Å²) in [6.45, 7) is 2.26. The number of amides is 2. The van der Waals surface area contributed by atoms with Gasteiger partial charge in [-0.2, -0.15) is 0 Å². The Labute approximate surface area is 153 Å². The molecule has 7 heteroatoms. The highest BCUT2D eigenvalue weighted by molar-refractivity contribution is 7.12. The molecule has 24 heavy (non-hydrogen) atoms. The number of piperidine rings is 2. The molecule has 2 saturated heterocycles. The smallest absolute Gasteiger partial charge is 0.264 e. The minimum Gasteiger partial charge on any atom is -0.339 e. The molecule has 0 aliphatic carbocycles. The van der Waals surface area contributed by atoms with Crippen LogP contribution in [0.3, 0.4) is 0 Å². The molecule has 0 radical (unpaired) electrons. The van der Waals surface area contributed by atoms with Gasteiger partial charge in [0.2, 0.25) is 5.91 Å². The van der Waals surface area contributed by atoms with Crippen LogP contribution in [-0.2, 0) is 4.79 Å². The van der Waals surface area contributed by atoms with Crippen molar-refractivity contribution >= 4 is 35.6 Å². The average Bonchev–Trinajstić information content (AvgIpc) is 3.15. The first-order valence-corrected chi connectivity index (χ1v) is 9.39. The second-order valence-electron chi connectivity index (χ2n) is 6.40. The number of likely N-dealkylation sites (tertiary alicyclic amines) is 2. The Morgan fingerprint density at radius 2 is 2.04 bits per heavy atom. The minimum absolute atomic E-state index is 0. The first kappa shape index (κ1) is 19.2. The molecule has 1 aromatic rings. The van der Waals surface area contributed by atoms with Crippen molar-refractivity contribution in [3.05, 3.63) is 22.4 Å². The van der Waals surface area contributed by atoms with Gasteiger partial charge in [0.15, 0.2) is 0 Å². The van der Waals surface area contributed by atoms with Crippen LogP contribution in [0.4, 0.5) is 0 Å². The molecular weight excluding hydrogens is 346 g/mol. The predicted molar refractivity (Wildman–Crippen MR) is 98.9 cm³/mol. The van der Waals surface area contributed by atoms with Crippen LogP contribution in [0.1, 0.15) is 41.8 Å². The minimum atomic E-state index is -0.283. The highest BCUT2D eigenvalue weighted by Crippen LogP contribution is 2.24. The summed E-state index contributed by atoms with van der Waals surface area (Å²) in [5.41, 5.74) is 0. The van der Waals surface area contributed by atoms with Gasteiger partial charge in [-0.1, -0.05) is 6.07 Å². The third kappa shape index (κ3) is 4.10. The van der Waals surface area contributed by atoms with Gasteiger partial charge < -0.3 is 15.1 Å². The Morgan fingerprint density at radius 3 is 2.75 bits per heavy atom. The summed E-state index contributed by atoms with van der Waals surface area (Å²) in [6, 6.07) is 3.83. The van der Waals surface area contributed by atoms with E-state index in [2.05, 4.69) is 5.32 Å². The number of carbonyl (C=O) groups excluding carboxylic acids is 2. The van der Waals surface area contributed by atoms with Crippen molar-refractivity contribution in [3.63, 3.8) is 0 Å². The Balaban J connectivity index is 0.00000208. The van der Waals surface area contributed by atoms with Gasteiger partial charge >= 0.3 is 0 Å². The van der Waals surface area contributed by atoms with Crippen molar-refractivity contribution in [2.75, 3.05) is 26.7 Å². The van der Waals surface area contributed by atoms with Crippen LogP contribution >= 0.6 is 23.7 Å². The molecule has 5 nitrogen and oxygen atoms in total. The van der Waals surface area contributed by atoms with E-state index in [0.29, 0.717) is 12.6 Å². The summed E-state index contributed by atoms with van der Waals surface area (Å²) < 4.78 is 0. The number of hydrogen-bond acceptors (Lipinski definition) is 4. The number of nitrogens with zero attached hydrogens (tertiary/aromatic N) is 2. The number of thiophene rings is 1. The zero-order valence-electron chi connectivity index (χ0n) is 14.1. The van der Waals surface area contributed by atoms with Crippen molar-refractivity contribution in [3.8, 4) is 0 Å². The Bertz CT molecular complexity index is 552. The van der Waals surface area contributed by atoms with E-state index >= 15 is 0 Å². The normalized spacial score (nSPS) is 24.4. The molecular formula is C17H26ClN3O2S. The van der Waals surface area contributed by atoms with Crippen molar-refractivity contribution < 1.29 is 9.59 Å². The highest BCUT2D eigenvalue weighted by Gasteiger charge is 2.36. The molecule has 0 spiro atoms. The van der Waals surface area contributed by atoms with E-state index in [-0.39, 0.29) is 30.3 Å². The molecule has 2 fully saturated rings. The molecule has 0 saturated carbocycles. The molecule has 1 N–H and O–H groups in total. The van der Waals surface area contributed by atoms with Gasteiger partial charge in [0, 0.05) is 25.7 Å². The second kappa shape index (κ2) is 8.83. The zero-order valence-corrected chi connectivity index (χ0v) is 15.7. The molecule has 2 aliphatic heterocycles. The summed E-state index contributed by atoms with van der Waals surface area (Å²) in [4.78, 5) is 30.2. The average molecular weight is 372 g/mol. The quantitative estimate of drug-likeness (QED) is 0.887. The largest absolute Gasteiger partial charge is 0.339 e. The molecule has 2 unspecified atom stereocenters. The van der Waals surface area contributed by atoms with Crippen LogP contribution in [0.15, 0.2) is 17.5 Å². The Kier molecular flexibility index (Phi) is 7.07. The topological polar surface area (TPSA) is 52.7 Å². The van der Waals surface area contributed by atoms with E-state index in [0.717, 1.165) is 50.1 Å². The standard InChI is InChI=1S/C17H25N3O2S.ClH/c1-18-13-6-4-9-19(12-13)16(21)14-7-2-3-10-20(14)17(22)15-8-5-11-23-15;/h5,8,11,13-14,18H,2-4,6-7,9-10,12H2,1H3;1H. The lowest BCUT2D eigenvalue weighted by molar-refractivity contribution is -0.138. The van der Waals surface area contributed by atoms with Gasteiger partial charge in [0.1, 0.15) is 6.04 Å². The molecule has 2 amide bonds. The van der Waals surface area contributed by atoms with Crippen LogP contribution in [0.5, 0.6) is 0 Å². The summed E-state index contributed by atoms with van der Waals surface area (Å²) >= 11 is 1.45. The summed E-state index contributed by atoms with van der Waals surface area (Å²) in [7, 11) is 1.95. The molecule has 3 heterocycles. The molecule has 0 bridgehead atoms. The van der Waals surface area contributed by atoms with Gasteiger partial charge in [0.05, 0.1) is 4.88 Å². The lowest BCUT2D eigenvalue weighted by Gasteiger charge is -2.40. The van der Waals surface area contributed by atoms with Crippen molar-refractivity contribution in [2.45, 2.75) is 44.2 Å². The van der Waals surface area contributed by atoms with Gasteiger partial charge in [0.25, 0.3) is 5.91 Å². The van der Waals surface area contributed by atoms with Crippen molar-refractivity contribution in [2.24, 2.45) is 0 Å². The lowest BCUT2D eigenvalue weighted by atomic mass is 9.98. The molecule has 2 aliphatic rings. The fourth-order valence-corrected chi connectivity index (χ4v) is 4.28. The van der Waals surface area contributed by atoms with Crippen LogP contribution < -0.4 is 5.32 Å². The first-order chi connectivity index (χ1) is 11.2. The van der Waals surface area contributed by atoms with E-state index in [4.69, 9.17) is 0 Å². The van der Waals surface area contributed by atoms with Gasteiger partial charge in [-0.15, -0.1) is 23.7 Å². The zero-order chi connectivity index (χ0) is 16.2. The van der Waals surface area contributed by atoms with Crippen LogP contribution in [0.2, 0.25) is 0 Å². The number of carbonyl (C=O) groups is 2. The van der Waals surface area contributed by atoms with E-state index in [1.165, 1.54) is 11.3 Å². The number of hydrogen-bond donors (Lipinski definition) is 1. The number of halogens is 1. The third-order valence-corrected chi connectivity index (χ3v) is 5.78. The van der Waals surface area contributed by atoms with Crippen molar-refractivity contribution in [1.29, 1.82) is 0 Å². The first-order valence-electron chi connectivity index (χ1n) is 8.51. The molecule has 0 aromatic carbocycles. The Morgan fingerprint density at radius 1 is 1.21 bits per heavy atom. The van der Waals surface area contributed by atoms with E-state index in [9.17, 15) is 9.59 Å². The maximum atomic E-state index is 13.0. The molecule has 3 rings (SSSR count). The number of rotatable bonds is 3. The summed E-state index contributed by atoms with van der Waals surface area (Å²) in [5.74, 6) is 0.148. The van der Waals surface area contributed by atoms with Crippen molar-refractivity contribution in [1.82, 2.24) is 15.1 Å². The SMILES string of the molecule is CNC1CCCN(C(=O)C2CCCCN2C(=O)c2cccs2)C1.Cl. The van der Waals surface area contributed by atoms with Gasteiger partial charge in [-0.25, -0.2) is 0 Å². The maximum Gasteiger partial charge on any atom is 0.264 e. The summed E-state index contributed by atoms with van der Waals surface area (Å²) in [6.07, 6.45) is 4.94. The predicted octanol–water partition coefficient (Wildman–Crippen LogP) is 2.38. The third-order valence-electron chi connectivity index (χ3n) is 4.92. The van der Waals surface area contributed by atoms with E-state index < -0.39 is 0 Å². The summed E-state index contributed by atoms with van der Waals surface area (Å²) in [5, 5.41) is 5.19. The lowest BCUT2D eigenvalue weighted by Crippen LogP contribution is -2.56. The highest BCUT2D eigenvalue weighted by atomic mass is 35.5. The van der Waals surface area contributed by atoms with Gasteiger partial charge in [-0.3, -0.25) is 9.59 Å². The number of nitrogens with one attached hydrogen (secondary N) is 1. The fraction of sp³-hybridized carbons (Fsp3) is 0.647. The van der Waals surface area contributed by atoms with Crippen LogP contribution in [-0.4, -0.2) is 60.4 Å². The van der Waals surface area contributed by atoms with Crippen LogP contribution in [0, 0.1) is 0 Å². The Hall–Kier alpha value is -1.11. The molecule has 134 valence electrons. The monoisotopic (exact) mass is 371 g/mol. The second-order valence-corrected chi connectivity index (χ2v) is 7.35. The molecule has 2 atom stereocenters. The van der Waals surface area contributed by atoms with E-state index in [1.807, 2.05) is 29.5 Å². The fourth-order valence-electron chi connectivity index (χ4n) is 3.60. The van der Waals surface area contributed by atoms with Crippen LogP contribution in [0.25, 0.3) is 0 Å². The number of likely N-dealkylation sites (N-methyl/N-ethyl adjacent to an activating group) is 1. The van der Waals surface area contributed by atoms with E-state index in [1.54, 1.807) is 4.90 Å². The maximum absolute atomic E-state index is 13.0. The van der Waals surface area contributed by atoms with Gasteiger partial charge in [-0.05, 0) is 50.6 Å².